The minimum absolute atomic E-state index is 0.214. The molecule has 5 rings (SSSR count). The van der Waals surface area contributed by atoms with Gasteiger partial charge in [0.2, 0.25) is 0 Å². The van der Waals surface area contributed by atoms with Gasteiger partial charge in [0, 0.05) is 37.9 Å². The first-order chi connectivity index (χ1) is 16.1. The van der Waals surface area contributed by atoms with Crippen molar-refractivity contribution in [3.8, 4) is 11.1 Å². The summed E-state index contributed by atoms with van der Waals surface area (Å²) in [5, 5.41) is 7.08. The maximum atomic E-state index is 13.1. The lowest BCUT2D eigenvalue weighted by molar-refractivity contribution is 0.0398. The fourth-order valence-electron chi connectivity index (χ4n) is 3.53. The number of fused-ring (bicyclic) bond motifs is 1. The number of benzene rings is 1. The fourth-order valence-corrected chi connectivity index (χ4v) is 5.56. The van der Waals surface area contributed by atoms with E-state index >= 15 is 0 Å². The summed E-state index contributed by atoms with van der Waals surface area (Å²) in [6.45, 7) is 5.32. The van der Waals surface area contributed by atoms with E-state index in [1.165, 1.54) is 23.5 Å². The van der Waals surface area contributed by atoms with Crippen molar-refractivity contribution in [2.75, 3.05) is 50.0 Å². The molecule has 0 radical (unpaired) electrons. The van der Waals surface area contributed by atoms with Crippen molar-refractivity contribution in [1.29, 1.82) is 0 Å². The Balaban J connectivity index is 1.17. The minimum atomic E-state index is -0.281. The summed E-state index contributed by atoms with van der Waals surface area (Å²) in [7, 11) is 0. The van der Waals surface area contributed by atoms with Gasteiger partial charge in [-0.15, -0.1) is 11.3 Å². The molecular formula is C23H22FN5O2S2. The van der Waals surface area contributed by atoms with Crippen LogP contribution in [-0.4, -0.2) is 60.2 Å². The Kier molecular flexibility index (Phi) is 6.58. The number of rotatable bonds is 7. The standard InChI is InChI=1S/C23H22FN5O2S2/c24-17-4-1-15(2-5-17)16-3-6-20(26-14-16)27-21(30)18-13-19-22(32-18)28-23(33-19)25-7-8-29-9-11-31-12-10-29/h1-6,13-14H,7-12H2,(H,25,28)(H,26,27,30). The molecule has 0 atom stereocenters. The van der Waals surface area contributed by atoms with Gasteiger partial charge in [0.1, 0.15) is 16.5 Å². The van der Waals surface area contributed by atoms with Crippen LogP contribution < -0.4 is 10.6 Å². The van der Waals surface area contributed by atoms with E-state index in [1.54, 1.807) is 35.7 Å². The zero-order valence-corrected chi connectivity index (χ0v) is 19.3. The van der Waals surface area contributed by atoms with Gasteiger partial charge in [-0.2, -0.15) is 0 Å². The van der Waals surface area contributed by atoms with Crippen LogP contribution in [-0.2, 0) is 4.74 Å². The van der Waals surface area contributed by atoms with Crippen molar-refractivity contribution < 1.29 is 13.9 Å². The zero-order valence-electron chi connectivity index (χ0n) is 17.7. The third-order valence-corrected chi connectivity index (χ3v) is 7.42. The third-order valence-electron chi connectivity index (χ3n) is 5.30. The lowest BCUT2D eigenvalue weighted by Crippen LogP contribution is -2.38. The lowest BCUT2D eigenvalue weighted by atomic mass is 10.1. The first-order valence-electron chi connectivity index (χ1n) is 10.6. The van der Waals surface area contributed by atoms with E-state index in [9.17, 15) is 9.18 Å². The summed E-state index contributed by atoms with van der Waals surface area (Å²) < 4.78 is 19.5. The molecule has 1 aliphatic rings. The molecule has 7 nitrogen and oxygen atoms in total. The van der Waals surface area contributed by atoms with Gasteiger partial charge >= 0.3 is 0 Å². The van der Waals surface area contributed by atoms with Crippen molar-refractivity contribution in [2.45, 2.75) is 0 Å². The zero-order chi connectivity index (χ0) is 22.6. The summed E-state index contributed by atoms with van der Waals surface area (Å²) in [4.78, 5) is 25.4. The van der Waals surface area contributed by atoms with Gasteiger partial charge in [-0.05, 0) is 35.9 Å². The number of ether oxygens (including phenoxy) is 1. The Hall–Kier alpha value is -2.92. The number of amides is 1. The maximum Gasteiger partial charge on any atom is 0.267 e. The van der Waals surface area contributed by atoms with Gasteiger partial charge in [-0.3, -0.25) is 9.69 Å². The summed E-state index contributed by atoms with van der Waals surface area (Å²) in [5.74, 6) is -0.0353. The highest BCUT2D eigenvalue weighted by Gasteiger charge is 2.15. The smallest absolute Gasteiger partial charge is 0.267 e. The van der Waals surface area contributed by atoms with Gasteiger partial charge in [-0.25, -0.2) is 14.4 Å². The van der Waals surface area contributed by atoms with E-state index in [1.807, 2.05) is 12.1 Å². The number of halogens is 1. The van der Waals surface area contributed by atoms with Crippen molar-refractivity contribution >= 4 is 49.1 Å². The van der Waals surface area contributed by atoms with Crippen molar-refractivity contribution in [3.63, 3.8) is 0 Å². The van der Waals surface area contributed by atoms with E-state index in [0.717, 1.165) is 65.2 Å². The van der Waals surface area contributed by atoms with Crippen LogP contribution in [0.3, 0.4) is 0 Å². The predicted molar refractivity (Wildman–Crippen MR) is 131 cm³/mol. The normalized spacial score (nSPS) is 14.5. The Morgan fingerprint density at radius 1 is 1.09 bits per heavy atom. The number of aromatic nitrogens is 2. The molecule has 0 bridgehead atoms. The van der Waals surface area contributed by atoms with Crippen molar-refractivity contribution in [1.82, 2.24) is 14.9 Å². The number of pyridine rings is 1. The number of hydrogen-bond donors (Lipinski definition) is 2. The second-order valence-electron chi connectivity index (χ2n) is 7.57. The highest BCUT2D eigenvalue weighted by molar-refractivity contribution is 7.29. The monoisotopic (exact) mass is 483 g/mol. The molecule has 0 unspecified atom stereocenters. The predicted octanol–water partition coefficient (Wildman–Crippen LogP) is 4.56. The van der Waals surface area contributed by atoms with E-state index in [-0.39, 0.29) is 11.7 Å². The molecule has 0 saturated carbocycles. The number of morpholine rings is 1. The van der Waals surface area contributed by atoms with Gasteiger partial charge in [-0.1, -0.05) is 23.5 Å². The Morgan fingerprint density at radius 3 is 2.61 bits per heavy atom. The molecule has 2 N–H and O–H groups in total. The number of carbonyl (C=O) groups is 1. The number of carbonyl (C=O) groups excluding carboxylic acids is 1. The lowest BCUT2D eigenvalue weighted by Gasteiger charge is -2.26. The molecule has 3 aromatic heterocycles. The number of hydrogen-bond acceptors (Lipinski definition) is 8. The third kappa shape index (κ3) is 5.36. The van der Waals surface area contributed by atoms with E-state index in [4.69, 9.17) is 4.74 Å². The molecule has 1 amide bonds. The minimum Gasteiger partial charge on any atom is -0.379 e. The topological polar surface area (TPSA) is 79.4 Å². The second kappa shape index (κ2) is 9.92. The van der Waals surface area contributed by atoms with Gasteiger partial charge in [0.05, 0.1) is 22.8 Å². The number of thiophene rings is 1. The van der Waals surface area contributed by atoms with Crippen LogP contribution in [0, 0.1) is 5.82 Å². The van der Waals surface area contributed by atoms with Crippen LogP contribution in [0.25, 0.3) is 20.7 Å². The Morgan fingerprint density at radius 2 is 1.88 bits per heavy atom. The van der Waals surface area contributed by atoms with Crippen LogP contribution >= 0.6 is 22.7 Å². The molecule has 170 valence electrons. The first kappa shape index (κ1) is 21.9. The van der Waals surface area contributed by atoms with Crippen LogP contribution in [0.4, 0.5) is 15.3 Å². The summed E-state index contributed by atoms with van der Waals surface area (Å²) >= 11 is 2.92. The SMILES string of the molecule is O=C(Nc1ccc(-c2ccc(F)cc2)cn1)c1cc2sc(NCCN3CCOCC3)nc2s1. The molecule has 0 aliphatic carbocycles. The number of anilines is 2. The molecule has 1 aromatic carbocycles. The largest absolute Gasteiger partial charge is 0.379 e. The molecule has 4 aromatic rings. The Labute approximate surface area is 198 Å². The van der Waals surface area contributed by atoms with Gasteiger partial charge < -0.3 is 15.4 Å². The van der Waals surface area contributed by atoms with E-state index < -0.39 is 0 Å². The van der Waals surface area contributed by atoms with Crippen molar-refractivity contribution in [2.24, 2.45) is 0 Å². The van der Waals surface area contributed by atoms with E-state index in [2.05, 4.69) is 25.5 Å². The fraction of sp³-hybridized carbons (Fsp3) is 0.261. The highest BCUT2D eigenvalue weighted by Crippen LogP contribution is 2.33. The quantitative estimate of drug-likeness (QED) is 0.401. The number of thiazole rings is 1. The average Bonchev–Trinajstić information content (AvgIpc) is 3.40. The molecule has 1 saturated heterocycles. The summed E-state index contributed by atoms with van der Waals surface area (Å²) in [6, 6.07) is 11.7. The summed E-state index contributed by atoms with van der Waals surface area (Å²) in [6.07, 6.45) is 1.66. The molecule has 4 heterocycles. The Bertz CT molecular complexity index is 1200. The van der Waals surface area contributed by atoms with Gasteiger partial charge in [0.25, 0.3) is 5.91 Å². The number of nitrogens with one attached hydrogen (secondary N) is 2. The molecule has 1 aliphatic heterocycles. The van der Waals surface area contributed by atoms with Crippen LogP contribution in [0.2, 0.25) is 0 Å². The van der Waals surface area contributed by atoms with Gasteiger partial charge in [0.15, 0.2) is 5.13 Å². The first-order valence-corrected chi connectivity index (χ1v) is 12.2. The molecule has 1 fully saturated rings. The average molecular weight is 484 g/mol. The molecule has 10 heteroatoms. The van der Waals surface area contributed by atoms with Crippen molar-refractivity contribution in [3.05, 3.63) is 59.4 Å². The van der Waals surface area contributed by atoms with Crippen LogP contribution in [0.5, 0.6) is 0 Å². The van der Waals surface area contributed by atoms with Crippen LogP contribution in [0.15, 0.2) is 48.7 Å². The molecular weight excluding hydrogens is 461 g/mol. The second-order valence-corrected chi connectivity index (χ2v) is 9.63. The summed E-state index contributed by atoms with van der Waals surface area (Å²) in [5.41, 5.74) is 1.71. The van der Waals surface area contributed by atoms with E-state index in [0.29, 0.717) is 10.7 Å². The molecule has 0 spiro atoms. The van der Waals surface area contributed by atoms with Crippen LogP contribution in [0.1, 0.15) is 9.67 Å². The molecule has 33 heavy (non-hydrogen) atoms. The number of nitrogens with zero attached hydrogens (tertiary/aromatic N) is 3. The maximum absolute atomic E-state index is 13.1. The highest BCUT2D eigenvalue weighted by atomic mass is 32.1.